The molecule has 1 aliphatic rings. The van der Waals surface area contributed by atoms with Crippen molar-refractivity contribution in [3.63, 3.8) is 0 Å². The molecular weight excluding hydrogens is 360 g/mol. The van der Waals surface area contributed by atoms with Crippen LogP contribution < -0.4 is 4.74 Å². The summed E-state index contributed by atoms with van der Waals surface area (Å²) in [6.45, 7) is 0.172. The maximum atomic E-state index is 12.0. The average molecular weight is 376 g/mol. The maximum Gasteiger partial charge on any atom is 0.173 e. The average Bonchev–Trinajstić information content (AvgIpc) is 2.39. The van der Waals surface area contributed by atoms with Gasteiger partial charge < -0.3 is 4.74 Å². The van der Waals surface area contributed by atoms with Gasteiger partial charge in [0.15, 0.2) is 5.78 Å². The van der Waals surface area contributed by atoms with E-state index in [-0.39, 0.29) is 18.3 Å². The van der Waals surface area contributed by atoms with Crippen molar-refractivity contribution in [2.24, 2.45) is 5.92 Å². The van der Waals surface area contributed by atoms with Crippen LogP contribution in [0.15, 0.2) is 27.1 Å². The largest absolute Gasteiger partial charge is 0.483 e. The molecule has 0 radical (unpaired) electrons. The van der Waals surface area contributed by atoms with E-state index in [2.05, 4.69) is 31.9 Å². The number of para-hydroxylation sites is 1. The van der Waals surface area contributed by atoms with Crippen molar-refractivity contribution in [1.29, 1.82) is 0 Å². The van der Waals surface area contributed by atoms with Gasteiger partial charge in [-0.15, -0.1) is 0 Å². The molecule has 2 rings (SSSR count). The number of Topliss-reactive ketones (excluding diaryl/α,β-unsaturated/α-hetero) is 1. The molecule has 0 N–H and O–H groups in total. The van der Waals surface area contributed by atoms with Crippen LogP contribution in [0.1, 0.15) is 32.1 Å². The Morgan fingerprint density at radius 3 is 2.39 bits per heavy atom. The molecule has 0 aromatic heterocycles. The van der Waals surface area contributed by atoms with Crippen molar-refractivity contribution in [3.05, 3.63) is 27.1 Å². The fourth-order valence-electron chi connectivity index (χ4n) is 2.31. The van der Waals surface area contributed by atoms with Crippen LogP contribution in [0, 0.1) is 5.92 Å². The van der Waals surface area contributed by atoms with Crippen molar-refractivity contribution in [2.45, 2.75) is 32.1 Å². The summed E-state index contributed by atoms with van der Waals surface area (Å²) in [6.07, 6.45) is 5.67. The normalized spacial score (nSPS) is 16.6. The Bertz CT molecular complexity index is 406. The topological polar surface area (TPSA) is 26.3 Å². The first-order valence-corrected chi connectivity index (χ1v) is 7.86. The van der Waals surface area contributed by atoms with E-state index in [1.165, 1.54) is 19.3 Å². The lowest BCUT2D eigenvalue weighted by Gasteiger charge is -2.20. The molecule has 98 valence electrons. The molecule has 1 aliphatic carbocycles. The van der Waals surface area contributed by atoms with E-state index in [9.17, 15) is 4.79 Å². The van der Waals surface area contributed by atoms with Gasteiger partial charge in [0.05, 0.1) is 8.95 Å². The second kappa shape index (κ2) is 6.71. The Hall–Kier alpha value is -0.350. The van der Waals surface area contributed by atoms with Crippen molar-refractivity contribution >= 4 is 37.6 Å². The van der Waals surface area contributed by atoms with Gasteiger partial charge in [-0.05, 0) is 56.8 Å². The minimum Gasteiger partial charge on any atom is -0.483 e. The summed E-state index contributed by atoms with van der Waals surface area (Å²) in [4.78, 5) is 12.0. The quantitative estimate of drug-likeness (QED) is 0.759. The number of hydrogen-bond donors (Lipinski definition) is 0. The van der Waals surface area contributed by atoms with E-state index in [1.807, 2.05) is 18.2 Å². The summed E-state index contributed by atoms with van der Waals surface area (Å²) in [5.41, 5.74) is 0. The summed E-state index contributed by atoms with van der Waals surface area (Å²) in [7, 11) is 0. The molecule has 1 aromatic carbocycles. The predicted molar refractivity (Wildman–Crippen MR) is 78.9 cm³/mol. The standard InChI is InChI=1S/C14H16Br2O2/c15-11-7-4-8-12(16)14(11)18-9-13(17)10-5-2-1-3-6-10/h4,7-8,10H,1-3,5-6,9H2. The van der Waals surface area contributed by atoms with Gasteiger partial charge in [0.1, 0.15) is 12.4 Å². The third-order valence-corrected chi connectivity index (χ3v) is 4.59. The first kappa shape index (κ1) is 14.1. The van der Waals surface area contributed by atoms with Gasteiger partial charge in [-0.3, -0.25) is 4.79 Å². The molecule has 0 amide bonds. The SMILES string of the molecule is O=C(COc1c(Br)cccc1Br)C1CCCCC1. The van der Waals surface area contributed by atoms with Gasteiger partial charge in [0.2, 0.25) is 0 Å². The molecule has 0 aliphatic heterocycles. The fourth-order valence-corrected chi connectivity index (χ4v) is 3.53. The van der Waals surface area contributed by atoms with Crippen molar-refractivity contribution in [1.82, 2.24) is 0 Å². The first-order chi connectivity index (χ1) is 8.68. The van der Waals surface area contributed by atoms with Gasteiger partial charge in [-0.25, -0.2) is 0 Å². The highest BCUT2D eigenvalue weighted by Crippen LogP contribution is 2.33. The highest BCUT2D eigenvalue weighted by atomic mass is 79.9. The summed E-state index contributed by atoms with van der Waals surface area (Å²) in [6, 6.07) is 5.74. The smallest absolute Gasteiger partial charge is 0.173 e. The lowest BCUT2D eigenvalue weighted by atomic mass is 9.86. The van der Waals surface area contributed by atoms with Crippen molar-refractivity contribution in [3.8, 4) is 5.75 Å². The number of benzene rings is 1. The Kier molecular flexibility index (Phi) is 5.25. The maximum absolute atomic E-state index is 12.0. The Morgan fingerprint density at radius 2 is 1.78 bits per heavy atom. The van der Waals surface area contributed by atoms with Crippen LogP contribution >= 0.6 is 31.9 Å². The van der Waals surface area contributed by atoms with Gasteiger partial charge in [-0.2, -0.15) is 0 Å². The van der Waals surface area contributed by atoms with Crippen LogP contribution in [-0.2, 0) is 4.79 Å². The van der Waals surface area contributed by atoms with Crippen LogP contribution in [0.5, 0.6) is 5.75 Å². The molecule has 0 bridgehead atoms. The molecule has 1 fully saturated rings. The van der Waals surface area contributed by atoms with E-state index in [0.717, 1.165) is 21.8 Å². The zero-order valence-electron chi connectivity index (χ0n) is 10.1. The van der Waals surface area contributed by atoms with Crippen LogP contribution in [-0.4, -0.2) is 12.4 Å². The highest BCUT2D eigenvalue weighted by molar-refractivity contribution is 9.11. The lowest BCUT2D eigenvalue weighted by molar-refractivity contribution is -0.125. The molecule has 2 nitrogen and oxygen atoms in total. The van der Waals surface area contributed by atoms with E-state index < -0.39 is 0 Å². The Morgan fingerprint density at radius 1 is 1.17 bits per heavy atom. The van der Waals surface area contributed by atoms with Gasteiger partial charge in [-0.1, -0.05) is 25.3 Å². The zero-order valence-corrected chi connectivity index (χ0v) is 13.3. The number of carbonyl (C=O) groups is 1. The monoisotopic (exact) mass is 374 g/mol. The highest BCUT2D eigenvalue weighted by Gasteiger charge is 2.21. The number of carbonyl (C=O) groups excluding carboxylic acids is 1. The van der Waals surface area contributed by atoms with Crippen LogP contribution in [0.2, 0.25) is 0 Å². The van der Waals surface area contributed by atoms with Crippen LogP contribution in [0.4, 0.5) is 0 Å². The third-order valence-electron chi connectivity index (χ3n) is 3.34. The number of hydrogen-bond acceptors (Lipinski definition) is 2. The van der Waals surface area contributed by atoms with Crippen molar-refractivity contribution < 1.29 is 9.53 Å². The molecule has 0 saturated heterocycles. The predicted octanol–water partition coefficient (Wildman–Crippen LogP) is 4.74. The molecule has 18 heavy (non-hydrogen) atoms. The zero-order chi connectivity index (χ0) is 13.0. The Labute approximate surface area is 124 Å². The molecule has 0 unspecified atom stereocenters. The lowest BCUT2D eigenvalue weighted by Crippen LogP contribution is -2.23. The summed E-state index contributed by atoms with van der Waals surface area (Å²) in [5.74, 6) is 1.15. The van der Waals surface area contributed by atoms with E-state index >= 15 is 0 Å². The summed E-state index contributed by atoms with van der Waals surface area (Å²) in [5, 5.41) is 0. The number of ether oxygens (including phenoxy) is 1. The van der Waals surface area contributed by atoms with Gasteiger partial charge in [0, 0.05) is 5.92 Å². The molecule has 0 atom stereocenters. The van der Waals surface area contributed by atoms with Crippen molar-refractivity contribution in [2.75, 3.05) is 6.61 Å². The molecular formula is C14H16Br2O2. The minimum atomic E-state index is 0.172. The van der Waals surface area contributed by atoms with E-state index in [0.29, 0.717) is 5.75 Å². The molecule has 1 aromatic rings. The molecule has 0 heterocycles. The Balaban J connectivity index is 1.92. The number of ketones is 1. The van der Waals surface area contributed by atoms with Crippen LogP contribution in [0.25, 0.3) is 0 Å². The second-order valence-corrected chi connectivity index (χ2v) is 6.35. The molecule has 1 saturated carbocycles. The van der Waals surface area contributed by atoms with Crippen LogP contribution in [0.3, 0.4) is 0 Å². The second-order valence-electron chi connectivity index (χ2n) is 4.64. The van der Waals surface area contributed by atoms with E-state index in [4.69, 9.17) is 4.74 Å². The summed E-state index contributed by atoms with van der Waals surface area (Å²) < 4.78 is 7.38. The van der Waals surface area contributed by atoms with E-state index in [1.54, 1.807) is 0 Å². The minimum absolute atomic E-state index is 0.172. The third kappa shape index (κ3) is 3.58. The molecule has 0 spiro atoms. The molecule has 4 heteroatoms. The summed E-state index contributed by atoms with van der Waals surface area (Å²) >= 11 is 6.85. The van der Waals surface area contributed by atoms with Gasteiger partial charge in [0.25, 0.3) is 0 Å². The van der Waals surface area contributed by atoms with Gasteiger partial charge >= 0.3 is 0 Å². The first-order valence-electron chi connectivity index (χ1n) is 6.28. The number of rotatable bonds is 4. The number of halogens is 2. The fraction of sp³-hybridized carbons (Fsp3) is 0.500.